The lowest BCUT2D eigenvalue weighted by Crippen LogP contribution is -2.37. The monoisotopic (exact) mass is 269 g/mol. The molecular formula is C11H24ClNO2S. The molecule has 0 fully saturated rings. The van der Waals surface area contributed by atoms with Gasteiger partial charge in [0.1, 0.15) is 0 Å². The van der Waals surface area contributed by atoms with Gasteiger partial charge in [-0.1, -0.05) is 27.2 Å². The van der Waals surface area contributed by atoms with Crippen LogP contribution in [0.1, 0.15) is 40.5 Å². The van der Waals surface area contributed by atoms with Gasteiger partial charge in [0.25, 0.3) is 0 Å². The van der Waals surface area contributed by atoms with Crippen molar-refractivity contribution in [2.45, 2.75) is 46.6 Å². The summed E-state index contributed by atoms with van der Waals surface area (Å²) in [5, 5.41) is 0. The van der Waals surface area contributed by atoms with Crippen LogP contribution in [0, 0.1) is 11.8 Å². The Bertz CT molecular complexity index is 280. The third-order valence-electron chi connectivity index (χ3n) is 2.60. The Kier molecular flexibility index (Phi) is 7.61. The molecule has 16 heavy (non-hydrogen) atoms. The topological polar surface area (TPSA) is 46.2 Å². The van der Waals surface area contributed by atoms with E-state index in [9.17, 15) is 8.42 Å². The molecule has 5 heteroatoms. The fourth-order valence-corrected chi connectivity index (χ4v) is 3.50. The minimum Gasteiger partial charge on any atom is -0.212 e. The summed E-state index contributed by atoms with van der Waals surface area (Å²) in [4.78, 5) is 0. The van der Waals surface area contributed by atoms with E-state index in [0.717, 1.165) is 12.8 Å². The molecule has 0 spiro atoms. The van der Waals surface area contributed by atoms with E-state index in [4.69, 9.17) is 11.6 Å². The average molecular weight is 270 g/mol. The van der Waals surface area contributed by atoms with Gasteiger partial charge in [-0.15, -0.1) is 11.6 Å². The van der Waals surface area contributed by atoms with Crippen molar-refractivity contribution in [3.8, 4) is 0 Å². The Hall–Kier alpha value is 0.200. The molecule has 0 aromatic heterocycles. The van der Waals surface area contributed by atoms with E-state index in [1.807, 2.05) is 13.8 Å². The summed E-state index contributed by atoms with van der Waals surface area (Å²) in [5.74, 6) is 1.03. The minimum absolute atomic E-state index is 0.00229. The van der Waals surface area contributed by atoms with Crippen molar-refractivity contribution in [3.05, 3.63) is 0 Å². The van der Waals surface area contributed by atoms with Crippen LogP contribution >= 0.6 is 11.6 Å². The Morgan fingerprint density at radius 1 is 1.19 bits per heavy atom. The minimum atomic E-state index is -3.18. The molecule has 1 N–H and O–H groups in total. The lowest BCUT2D eigenvalue weighted by molar-refractivity contribution is 0.444. The largest absolute Gasteiger partial charge is 0.212 e. The van der Waals surface area contributed by atoms with Crippen LogP contribution in [0.15, 0.2) is 0 Å². The van der Waals surface area contributed by atoms with Crippen molar-refractivity contribution in [2.24, 2.45) is 11.8 Å². The second-order valence-corrected chi connectivity index (χ2v) is 6.92. The molecule has 98 valence electrons. The van der Waals surface area contributed by atoms with Crippen LogP contribution < -0.4 is 4.72 Å². The lowest BCUT2D eigenvalue weighted by Gasteiger charge is -2.18. The Balaban J connectivity index is 4.15. The highest BCUT2D eigenvalue weighted by Crippen LogP contribution is 2.11. The summed E-state index contributed by atoms with van der Waals surface area (Å²) in [6.45, 7) is 7.99. The number of halogens is 1. The summed E-state index contributed by atoms with van der Waals surface area (Å²) in [7, 11) is -3.18. The van der Waals surface area contributed by atoms with Gasteiger partial charge in [0, 0.05) is 11.9 Å². The molecule has 3 atom stereocenters. The van der Waals surface area contributed by atoms with Crippen molar-refractivity contribution in [1.82, 2.24) is 4.72 Å². The van der Waals surface area contributed by atoms with Crippen LogP contribution in [-0.2, 0) is 10.0 Å². The maximum absolute atomic E-state index is 11.7. The number of nitrogens with one attached hydrogen (secondary N) is 1. The maximum Gasteiger partial charge on any atom is 0.212 e. The fraction of sp³-hybridized carbons (Fsp3) is 1.00. The molecule has 0 saturated carbocycles. The summed E-state index contributed by atoms with van der Waals surface area (Å²) < 4.78 is 26.1. The smallest absolute Gasteiger partial charge is 0.212 e. The molecule has 0 aromatic carbocycles. The highest BCUT2D eigenvalue weighted by atomic mass is 35.5. The van der Waals surface area contributed by atoms with Gasteiger partial charge in [-0.3, -0.25) is 0 Å². The molecule has 0 aliphatic rings. The van der Waals surface area contributed by atoms with Gasteiger partial charge in [-0.2, -0.15) is 0 Å². The number of hydrogen-bond acceptors (Lipinski definition) is 2. The average Bonchev–Trinajstić information content (AvgIpc) is 2.15. The number of sulfonamides is 1. The first-order chi connectivity index (χ1) is 7.30. The Morgan fingerprint density at radius 2 is 1.75 bits per heavy atom. The molecule has 0 aliphatic carbocycles. The van der Waals surface area contributed by atoms with Gasteiger partial charge in [-0.05, 0) is 25.2 Å². The summed E-state index contributed by atoms with van der Waals surface area (Å²) in [6, 6.07) is 0.00229. The second-order valence-electron chi connectivity index (χ2n) is 4.81. The summed E-state index contributed by atoms with van der Waals surface area (Å²) in [5.41, 5.74) is 0. The highest BCUT2D eigenvalue weighted by molar-refractivity contribution is 7.89. The molecule has 0 rings (SSSR count). The first-order valence-corrected chi connectivity index (χ1v) is 8.05. The second kappa shape index (κ2) is 7.51. The van der Waals surface area contributed by atoms with Crippen molar-refractivity contribution in [2.75, 3.05) is 11.6 Å². The Labute approximate surface area is 105 Å². The van der Waals surface area contributed by atoms with Crippen molar-refractivity contribution >= 4 is 21.6 Å². The highest BCUT2D eigenvalue weighted by Gasteiger charge is 2.18. The summed E-state index contributed by atoms with van der Waals surface area (Å²) in [6.07, 6.45) is 1.95. The van der Waals surface area contributed by atoms with Gasteiger partial charge in [-0.25, -0.2) is 13.1 Å². The van der Waals surface area contributed by atoms with Crippen molar-refractivity contribution in [3.63, 3.8) is 0 Å². The predicted molar refractivity (Wildman–Crippen MR) is 70.3 cm³/mol. The molecule has 0 aliphatic heterocycles. The molecule has 3 unspecified atom stereocenters. The SMILES string of the molecule is CCC(C)CC(C)NS(=O)(=O)CC(C)CCl. The van der Waals surface area contributed by atoms with Gasteiger partial charge in [0.05, 0.1) is 5.75 Å². The van der Waals surface area contributed by atoms with Gasteiger partial charge in [0.2, 0.25) is 10.0 Å². The number of rotatable bonds is 8. The van der Waals surface area contributed by atoms with Crippen molar-refractivity contribution in [1.29, 1.82) is 0 Å². The van der Waals surface area contributed by atoms with Gasteiger partial charge >= 0.3 is 0 Å². The quantitative estimate of drug-likeness (QED) is 0.689. The van der Waals surface area contributed by atoms with Crippen LogP contribution in [0.2, 0.25) is 0 Å². The van der Waals surface area contributed by atoms with Crippen LogP contribution in [0.3, 0.4) is 0 Å². The molecule has 0 saturated heterocycles. The molecule has 0 aromatic rings. The number of hydrogen-bond donors (Lipinski definition) is 1. The molecule has 3 nitrogen and oxygen atoms in total. The molecule has 0 amide bonds. The molecular weight excluding hydrogens is 246 g/mol. The molecule has 0 heterocycles. The van der Waals surface area contributed by atoms with E-state index in [0.29, 0.717) is 11.8 Å². The van der Waals surface area contributed by atoms with E-state index in [1.54, 1.807) is 0 Å². The molecule has 0 radical (unpaired) electrons. The predicted octanol–water partition coefficient (Wildman–Crippen LogP) is 2.61. The van der Waals surface area contributed by atoms with E-state index in [-0.39, 0.29) is 17.7 Å². The molecule has 0 bridgehead atoms. The zero-order chi connectivity index (χ0) is 12.8. The normalized spacial score (nSPS) is 18.1. The van der Waals surface area contributed by atoms with Gasteiger partial charge < -0.3 is 0 Å². The standard InChI is InChI=1S/C11H24ClNO2S/c1-5-9(2)6-11(4)13-16(14,15)8-10(3)7-12/h9-11,13H,5-8H2,1-4H3. The summed E-state index contributed by atoms with van der Waals surface area (Å²) >= 11 is 5.61. The van der Waals surface area contributed by atoms with E-state index >= 15 is 0 Å². The van der Waals surface area contributed by atoms with Crippen LogP contribution in [0.5, 0.6) is 0 Å². The number of alkyl halides is 1. The first kappa shape index (κ1) is 16.2. The van der Waals surface area contributed by atoms with Crippen LogP contribution in [0.25, 0.3) is 0 Å². The van der Waals surface area contributed by atoms with E-state index in [2.05, 4.69) is 18.6 Å². The fourth-order valence-electron chi connectivity index (χ4n) is 1.59. The third kappa shape index (κ3) is 7.47. The van der Waals surface area contributed by atoms with Crippen molar-refractivity contribution < 1.29 is 8.42 Å². The zero-order valence-electron chi connectivity index (χ0n) is 10.7. The van der Waals surface area contributed by atoms with E-state index < -0.39 is 10.0 Å². The van der Waals surface area contributed by atoms with Gasteiger partial charge in [0.15, 0.2) is 0 Å². The van der Waals surface area contributed by atoms with Crippen LogP contribution in [0.4, 0.5) is 0 Å². The first-order valence-electron chi connectivity index (χ1n) is 5.86. The Morgan fingerprint density at radius 3 is 2.19 bits per heavy atom. The maximum atomic E-state index is 11.7. The van der Waals surface area contributed by atoms with E-state index in [1.165, 1.54) is 0 Å². The lowest BCUT2D eigenvalue weighted by atomic mass is 10.0. The van der Waals surface area contributed by atoms with Crippen LogP contribution in [-0.4, -0.2) is 26.1 Å². The zero-order valence-corrected chi connectivity index (χ0v) is 12.2. The third-order valence-corrected chi connectivity index (χ3v) is 4.90.